The summed E-state index contributed by atoms with van der Waals surface area (Å²) in [5.41, 5.74) is 4.85. The van der Waals surface area contributed by atoms with Gasteiger partial charge < -0.3 is 4.74 Å². The first-order chi connectivity index (χ1) is 11.3. The van der Waals surface area contributed by atoms with Gasteiger partial charge in [-0.1, -0.05) is 42.5 Å². The molecule has 0 N–H and O–H groups in total. The second kappa shape index (κ2) is 6.88. The zero-order valence-corrected chi connectivity index (χ0v) is 12.9. The molecule has 114 valence electrons. The van der Waals surface area contributed by atoms with Crippen LogP contribution in [0.5, 0.6) is 5.88 Å². The number of rotatable bonds is 5. The Bertz CT molecular complexity index is 796. The highest BCUT2D eigenvalue weighted by molar-refractivity contribution is 5.80. The van der Waals surface area contributed by atoms with Crippen LogP contribution in [0, 0.1) is 6.92 Å². The van der Waals surface area contributed by atoms with E-state index in [1.165, 1.54) is 0 Å². The van der Waals surface area contributed by atoms with Crippen molar-refractivity contribution in [2.45, 2.75) is 13.5 Å². The Balaban J connectivity index is 1.76. The molecule has 0 fully saturated rings. The third kappa shape index (κ3) is 3.64. The molecule has 0 spiro atoms. The number of carbonyl (C=O) groups is 1. The summed E-state index contributed by atoms with van der Waals surface area (Å²) in [6, 6.07) is 19.4. The van der Waals surface area contributed by atoms with Gasteiger partial charge in [-0.05, 0) is 35.7 Å². The van der Waals surface area contributed by atoms with E-state index in [1.807, 2.05) is 67.6 Å². The van der Waals surface area contributed by atoms with E-state index in [9.17, 15) is 4.79 Å². The second-order valence-electron chi connectivity index (χ2n) is 5.35. The van der Waals surface area contributed by atoms with Crippen LogP contribution in [0.1, 0.15) is 21.5 Å². The molecule has 1 heterocycles. The highest BCUT2D eigenvalue weighted by Gasteiger charge is 2.05. The maximum absolute atomic E-state index is 10.9. The molecule has 1 aromatic heterocycles. The van der Waals surface area contributed by atoms with Gasteiger partial charge in [0.05, 0.1) is 0 Å². The van der Waals surface area contributed by atoms with E-state index < -0.39 is 0 Å². The van der Waals surface area contributed by atoms with Gasteiger partial charge in [0.15, 0.2) is 0 Å². The van der Waals surface area contributed by atoms with Gasteiger partial charge in [0.25, 0.3) is 0 Å². The fourth-order valence-corrected chi connectivity index (χ4v) is 2.38. The Kier molecular flexibility index (Phi) is 4.48. The van der Waals surface area contributed by atoms with Gasteiger partial charge in [0.1, 0.15) is 12.9 Å². The standard InChI is InChI=1S/C20H17NO2/c1-15-7-8-17(13-22)11-19(15)18-9-10-20(21-12-18)23-14-16-5-3-2-4-6-16/h2-13H,14H2,1H3. The number of aromatic nitrogens is 1. The minimum Gasteiger partial charge on any atom is -0.473 e. The summed E-state index contributed by atoms with van der Waals surface area (Å²) in [5, 5.41) is 0. The number of hydrogen-bond acceptors (Lipinski definition) is 3. The molecule has 3 rings (SSSR count). The van der Waals surface area contributed by atoms with Gasteiger partial charge in [0, 0.05) is 23.4 Å². The topological polar surface area (TPSA) is 39.2 Å². The van der Waals surface area contributed by atoms with Crippen LogP contribution >= 0.6 is 0 Å². The van der Waals surface area contributed by atoms with E-state index in [2.05, 4.69) is 4.98 Å². The van der Waals surface area contributed by atoms with E-state index in [0.717, 1.165) is 28.5 Å². The lowest BCUT2D eigenvalue weighted by atomic mass is 10.00. The third-order valence-electron chi connectivity index (χ3n) is 3.67. The fraction of sp³-hybridized carbons (Fsp3) is 0.100. The fourth-order valence-electron chi connectivity index (χ4n) is 2.38. The summed E-state index contributed by atoms with van der Waals surface area (Å²) in [7, 11) is 0. The van der Waals surface area contributed by atoms with Gasteiger partial charge >= 0.3 is 0 Å². The first kappa shape index (κ1) is 15.0. The Morgan fingerprint density at radius 2 is 1.87 bits per heavy atom. The van der Waals surface area contributed by atoms with E-state index in [4.69, 9.17) is 4.74 Å². The molecule has 0 atom stereocenters. The summed E-state index contributed by atoms with van der Waals surface area (Å²) in [6.45, 7) is 2.51. The molecule has 0 aliphatic carbocycles. The highest BCUT2D eigenvalue weighted by Crippen LogP contribution is 2.25. The number of pyridine rings is 1. The van der Waals surface area contributed by atoms with Crippen LogP contribution in [-0.2, 0) is 6.61 Å². The van der Waals surface area contributed by atoms with Crippen molar-refractivity contribution >= 4 is 6.29 Å². The minimum atomic E-state index is 0.493. The lowest BCUT2D eigenvalue weighted by Gasteiger charge is -2.09. The van der Waals surface area contributed by atoms with Crippen molar-refractivity contribution in [3.8, 4) is 17.0 Å². The van der Waals surface area contributed by atoms with Crippen LogP contribution in [0.15, 0.2) is 66.9 Å². The molecule has 0 bridgehead atoms. The summed E-state index contributed by atoms with van der Waals surface area (Å²) in [6.07, 6.45) is 2.63. The van der Waals surface area contributed by atoms with Gasteiger partial charge in [0.2, 0.25) is 5.88 Å². The van der Waals surface area contributed by atoms with E-state index in [-0.39, 0.29) is 0 Å². The molecule has 0 aliphatic heterocycles. The highest BCUT2D eigenvalue weighted by atomic mass is 16.5. The van der Waals surface area contributed by atoms with Crippen molar-refractivity contribution in [2.75, 3.05) is 0 Å². The molecule has 3 aromatic rings. The number of aldehydes is 1. The Morgan fingerprint density at radius 3 is 2.57 bits per heavy atom. The van der Waals surface area contributed by atoms with Crippen LogP contribution in [0.4, 0.5) is 0 Å². The van der Waals surface area contributed by atoms with Crippen molar-refractivity contribution in [1.29, 1.82) is 0 Å². The molecular formula is C20H17NO2. The van der Waals surface area contributed by atoms with E-state index in [0.29, 0.717) is 18.1 Å². The Morgan fingerprint density at radius 1 is 1.04 bits per heavy atom. The van der Waals surface area contributed by atoms with Crippen molar-refractivity contribution in [3.05, 3.63) is 83.6 Å². The number of nitrogens with zero attached hydrogens (tertiary/aromatic N) is 1. The van der Waals surface area contributed by atoms with Crippen LogP contribution in [0.25, 0.3) is 11.1 Å². The number of hydrogen-bond donors (Lipinski definition) is 0. The number of benzene rings is 2. The molecule has 2 aromatic carbocycles. The normalized spacial score (nSPS) is 10.3. The largest absolute Gasteiger partial charge is 0.473 e. The summed E-state index contributed by atoms with van der Waals surface area (Å²) in [5.74, 6) is 0.585. The zero-order valence-electron chi connectivity index (χ0n) is 12.9. The predicted molar refractivity (Wildman–Crippen MR) is 90.6 cm³/mol. The maximum Gasteiger partial charge on any atom is 0.213 e. The first-order valence-electron chi connectivity index (χ1n) is 7.45. The van der Waals surface area contributed by atoms with Gasteiger partial charge in [-0.3, -0.25) is 4.79 Å². The molecule has 0 unspecified atom stereocenters. The van der Waals surface area contributed by atoms with Gasteiger partial charge in [-0.15, -0.1) is 0 Å². The van der Waals surface area contributed by atoms with Crippen LogP contribution < -0.4 is 4.74 Å². The summed E-state index contributed by atoms with van der Waals surface area (Å²) < 4.78 is 5.69. The number of aryl methyl sites for hydroxylation is 1. The first-order valence-corrected chi connectivity index (χ1v) is 7.45. The maximum atomic E-state index is 10.9. The van der Waals surface area contributed by atoms with E-state index >= 15 is 0 Å². The molecule has 23 heavy (non-hydrogen) atoms. The predicted octanol–water partition coefficient (Wildman–Crippen LogP) is 4.45. The van der Waals surface area contributed by atoms with Crippen LogP contribution in [-0.4, -0.2) is 11.3 Å². The van der Waals surface area contributed by atoms with Crippen molar-refractivity contribution in [3.63, 3.8) is 0 Å². The zero-order chi connectivity index (χ0) is 16.1. The third-order valence-corrected chi connectivity index (χ3v) is 3.67. The monoisotopic (exact) mass is 303 g/mol. The average Bonchev–Trinajstić information content (AvgIpc) is 2.62. The molecule has 0 saturated carbocycles. The molecule has 0 radical (unpaired) electrons. The smallest absolute Gasteiger partial charge is 0.213 e. The van der Waals surface area contributed by atoms with Crippen molar-refractivity contribution < 1.29 is 9.53 Å². The molecule has 0 amide bonds. The minimum absolute atomic E-state index is 0.493. The Labute approximate surface area is 135 Å². The lowest BCUT2D eigenvalue weighted by molar-refractivity contribution is 0.112. The molecule has 3 nitrogen and oxygen atoms in total. The van der Waals surface area contributed by atoms with Gasteiger partial charge in [-0.25, -0.2) is 4.98 Å². The SMILES string of the molecule is Cc1ccc(C=O)cc1-c1ccc(OCc2ccccc2)nc1. The molecule has 0 aliphatic rings. The second-order valence-corrected chi connectivity index (χ2v) is 5.35. The average molecular weight is 303 g/mol. The number of ether oxygens (including phenoxy) is 1. The van der Waals surface area contributed by atoms with Crippen LogP contribution in [0.2, 0.25) is 0 Å². The van der Waals surface area contributed by atoms with Crippen LogP contribution in [0.3, 0.4) is 0 Å². The molecular weight excluding hydrogens is 286 g/mol. The lowest BCUT2D eigenvalue weighted by Crippen LogP contribution is -1.97. The summed E-state index contributed by atoms with van der Waals surface area (Å²) >= 11 is 0. The van der Waals surface area contributed by atoms with Crippen molar-refractivity contribution in [1.82, 2.24) is 4.98 Å². The molecule has 0 saturated heterocycles. The van der Waals surface area contributed by atoms with Crippen molar-refractivity contribution in [2.24, 2.45) is 0 Å². The van der Waals surface area contributed by atoms with E-state index in [1.54, 1.807) is 6.20 Å². The Hall–Kier alpha value is -2.94. The van der Waals surface area contributed by atoms with Gasteiger partial charge in [-0.2, -0.15) is 0 Å². The summed E-state index contributed by atoms with van der Waals surface area (Å²) in [4.78, 5) is 15.3. The molecule has 3 heteroatoms. The quantitative estimate of drug-likeness (QED) is 0.654. The number of carbonyl (C=O) groups excluding carboxylic acids is 1.